The molecule has 6 heterocycles. The Balaban J connectivity index is 0.769. The van der Waals surface area contributed by atoms with E-state index in [4.69, 9.17) is 9.47 Å². The quantitative estimate of drug-likeness (QED) is 0.0731. The maximum atomic E-state index is 15.1. The molecule has 0 radical (unpaired) electrons. The third kappa shape index (κ3) is 9.67. The highest BCUT2D eigenvalue weighted by Crippen LogP contribution is 2.46. The fourth-order valence-corrected chi connectivity index (χ4v) is 9.79. The number of H-pyrrole nitrogens is 1. The number of fused-ring (bicyclic) bond motifs is 2. The van der Waals surface area contributed by atoms with E-state index in [1.54, 1.807) is 66.9 Å². The maximum absolute atomic E-state index is 15.1. The predicted octanol–water partition coefficient (Wildman–Crippen LogP) is 7.33. The molecule has 17 heteroatoms. The molecule has 9 rings (SSSR count). The second-order valence-corrected chi connectivity index (χ2v) is 17.8. The van der Waals surface area contributed by atoms with Crippen LogP contribution in [0, 0.1) is 17.2 Å². The van der Waals surface area contributed by atoms with E-state index in [1.165, 1.54) is 11.0 Å². The van der Waals surface area contributed by atoms with Gasteiger partial charge in [-0.1, -0.05) is 30.3 Å². The Morgan fingerprint density at radius 1 is 0.896 bits per heavy atom. The number of amides is 4. The molecule has 4 aliphatic heterocycles. The number of nitrogens with zero attached hydrogens (tertiary/aromatic N) is 4. The lowest BCUT2D eigenvalue weighted by atomic mass is 9.87. The number of aromatic amines is 1. The SMILES string of the molecule is N#Cc1cccc2[nH]c(-c3ccccc3OC3(C(F)(F)F)CCN(C(=O)[C@H]4CCC(=O)Nc5cc(OCCNCC6CCN(c7ccc(C8CCC(=O)NC8=O)cn7)CC6)ccc54)CC3)cc12. The van der Waals surface area contributed by atoms with Gasteiger partial charge in [-0.05, 0) is 91.7 Å². The molecular weight excluding hydrogens is 866 g/mol. The molecule has 5 aromatic rings. The largest absolute Gasteiger partial charge is 0.492 e. The summed E-state index contributed by atoms with van der Waals surface area (Å²) in [7, 11) is 0. The van der Waals surface area contributed by atoms with Crippen molar-refractivity contribution in [2.45, 2.75) is 75.0 Å². The molecule has 3 aromatic carbocycles. The molecule has 3 fully saturated rings. The highest BCUT2D eigenvalue weighted by molar-refractivity contribution is 6.01. The number of hydrogen-bond donors (Lipinski definition) is 4. The molecule has 4 amide bonds. The van der Waals surface area contributed by atoms with Crippen LogP contribution in [0.2, 0.25) is 0 Å². The smallest absolute Gasteiger partial charge is 0.428 e. The van der Waals surface area contributed by atoms with Gasteiger partial charge in [0.05, 0.1) is 29.2 Å². The lowest BCUT2D eigenvalue weighted by molar-refractivity contribution is -0.260. The van der Waals surface area contributed by atoms with Crippen molar-refractivity contribution in [2.24, 2.45) is 5.92 Å². The van der Waals surface area contributed by atoms with Crippen molar-refractivity contribution >= 4 is 46.0 Å². The van der Waals surface area contributed by atoms with Gasteiger partial charge in [0.2, 0.25) is 29.2 Å². The van der Waals surface area contributed by atoms with Crippen LogP contribution in [0.25, 0.3) is 22.2 Å². The Hall–Kier alpha value is -6.93. The molecule has 0 spiro atoms. The van der Waals surface area contributed by atoms with Crippen molar-refractivity contribution in [1.29, 1.82) is 5.26 Å². The highest BCUT2D eigenvalue weighted by atomic mass is 19.4. The third-order valence-corrected chi connectivity index (χ3v) is 13.6. The van der Waals surface area contributed by atoms with E-state index in [2.05, 4.69) is 36.9 Å². The predicted molar refractivity (Wildman–Crippen MR) is 243 cm³/mol. The van der Waals surface area contributed by atoms with Gasteiger partial charge in [0.25, 0.3) is 0 Å². The van der Waals surface area contributed by atoms with Crippen LogP contribution in [-0.4, -0.2) is 96.1 Å². The average molecular weight is 917 g/mol. The summed E-state index contributed by atoms with van der Waals surface area (Å²) in [6.07, 6.45) is -0.933. The van der Waals surface area contributed by atoms with Gasteiger partial charge >= 0.3 is 6.18 Å². The van der Waals surface area contributed by atoms with E-state index in [0.717, 1.165) is 43.9 Å². The Labute approximate surface area is 385 Å². The van der Waals surface area contributed by atoms with Gasteiger partial charge in [0.15, 0.2) is 0 Å². The Bertz CT molecular complexity index is 2700. The number of nitrogens with one attached hydrogen (secondary N) is 4. The first-order valence-electron chi connectivity index (χ1n) is 22.9. The summed E-state index contributed by atoms with van der Waals surface area (Å²) in [6, 6.07) is 24.6. The number of nitriles is 1. The van der Waals surface area contributed by atoms with Crippen molar-refractivity contribution in [3.8, 4) is 28.8 Å². The van der Waals surface area contributed by atoms with Crippen LogP contribution in [0.15, 0.2) is 85.1 Å². The number of carbonyl (C=O) groups is 4. The molecule has 0 saturated carbocycles. The lowest BCUT2D eigenvalue weighted by Gasteiger charge is -2.43. The van der Waals surface area contributed by atoms with E-state index >= 15 is 13.2 Å². The van der Waals surface area contributed by atoms with Crippen LogP contribution in [-0.2, 0) is 19.2 Å². The summed E-state index contributed by atoms with van der Waals surface area (Å²) in [5, 5.41) is 19.0. The minimum Gasteiger partial charge on any atom is -0.492 e. The van der Waals surface area contributed by atoms with Crippen molar-refractivity contribution in [3.63, 3.8) is 0 Å². The number of hydrogen-bond acceptors (Lipinski definition) is 10. The first kappa shape index (κ1) is 45.2. The number of rotatable bonds is 12. The number of alkyl halides is 3. The van der Waals surface area contributed by atoms with Crippen molar-refractivity contribution in [3.05, 3.63) is 102 Å². The molecule has 2 aromatic heterocycles. The summed E-state index contributed by atoms with van der Waals surface area (Å²) >= 11 is 0. The zero-order chi connectivity index (χ0) is 46.7. The molecular formula is C50H51F3N8O6. The minimum absolute atomic E-state index is 0.0326. The van der Waals surface area contributed by atoms with Crippen molar-refractivity contribution in [2.75, 3.05) is 56.1 Å². The summed E-state index contributed by atoms with van der Waals surface area (Å²) in [6.45, 7) is 3.09. The number of piperidine rings is 3. The number of para-hydroxylation sites is 1. The summed E-state index contributed by atoms with van der Waals surface area (Å²) in [5.74, 6) is -0.330. The van der Waals surface area contributed by atoms with Crippen LogP contribution in [0.4, 0.5) is 24.7 Å². The Morgan fingerprint density at radius 3 is 2.42 bits per heavy atom. The van der Waals surface area contributed by atoms with E-state index in [1.807, 2.05) is 12.1 Å². The third-order valence-electron chi connectivity index (χ3n) is 13.6. The number of likely N-dealkylation sites (tertiary alicyclic amines) is 1. The molecule has 67 heavy (non-hydrogen) atoms. The van der Waals surface area contributed by atoms with Crippen LogP contribution in [0.5, 0.6) is 11.5 Å². The molecule has 4 aliphatic rings. The van der Waals surface area contributed by atoms with Gasteiger partial charge in [-0.3, -0.25) is 24.5 Å². The maximum Gasteiger partial charge on any atom is 0.428 e. The number of benzene rings is 3. The van der Waals surface area contributed by atoms with Crippen LogP contribution < -0.4 is 30.3 Å². The van der Waals surface area contributed by atoms with Gasteiger partial charge in [0, 0.05) is 92.8 Å². The van der Waals surface area contributed by atoms with E-state index in [9.17, 15) is 24.4 Å². The van der Waals surface area contributed by atoms with Gasteiger partial charge in [-0.2, -0.15) is 18.4 Å². The van der Waals surface area contributed by atoms with Crippen molar-refractivity contribution in [1.82, 2.24) is 25.5 Å². The van der Waals surface area contributed by atoms with Crippen molar-refractivity contribution < 1.29 is 41.8 Å². The number of carbonyl (C=O) groups excluding carboxylic acids is 4. The topological polar surface area (TPSA) is 182 Å². The summed E-state index contributed by atoms with van der Waals surface area (Å²) < 4.78 is 57.3. The number of imide groups is 1. The molecule has 14 nitrogen and oxygen atoms in total. The fourth-order valence-electron chi connectivity index (χ4n) is 9.79. The zero-order valence-corrected chi connectivity index (χ0v) is 36.8. The molecule has 0 aliphatic carbocycles. The highest BCUT2D eigenvalue weighted by Gasteiger charge is 2.59. The normalized spacial score (nSPS) is 20.1. The standard InChI is InChI=1S/C50H51F3N8O6/c51-50(52,53)49(67-43-7-2-1-5-38(43)42-27-39-32(28-54)4-3-6-40(39)57-42)18-23-61(24-19-49)48(65)37-12-15-45(62)58-41-26-34(9-10-36(37)41)66-25-20-55-29-31-16-21-60(22-17-31)44-13-8-33(30-56-44)35-11-14-46(63)59-47(35)64/h1-10,13,26-27,30-31,35,37,55,57H,11-12,14-25,29H2,(H,58,62)(H,59,63,64)/t35?,37-/m0/s1. The number of ether oxygens (including phenoxy) is 2. The average Bonchev–Trinajstić information content (AvgIpc) is 3.69. The minimum atomic E-state index is -4.75. The molecule has 1 unspecified atom stereocenters. The van der Waals surface area contributed by atoms with E-state index in [0.29, 0.717) is 76.6 Å². The van der Waals surface area contributed by atoms with Gasteiger partial charge in [-0.25, -0.2) is 4.98 Å². The summed E-state index contributed by atoms with van der Waals surface area (Å²) in [4.78, 5) is 62.3. The number of aromatic nitrogens is 2. The van der Waals surface area contributed by atoms with Crippen LogP contribution >= 0.6 is 0 Å². The van der Waals surface area contributed by atoms with Crippen LogP contribution in [0.3, 0.4) is 0 Å². The number of anilines is 2. The number of pyridine rings is 1. The molecule has 3 saturated heterocycles. The first-order valence-corrected chi connectivity index (χ1v) is 22.9. The summed E-state index contributed by atoms with van der Waals surface area (Å²) in [5.41, 5.74) is 1.31. The molecule has 348 valence electrons. The van der Waals surface area contributed by atoms with E-state index in [-0.39, 0.29) is 61.2 Å². The Morgan fingerprint density at radius 2 is 1.67 bits per heavy atom. The van der Waals surface area contributed by atoms with Crippen LogP contribution in [0.1, 0.15) is 79.9 Å². The second-order valence-electron chi connectivity index (χ2n) is 17.8. The first-order chi connectivity index (χ1) is 32.4. The zero-order valence-electron chi connectivity index (χ0n) is 36.8. The molecule has 2 atom stereocenters. The van der Waals surface area contributed by atoms with E-state index < -0.39 is 30.5 Å². The van der Waals surface area contributed by atoms with Gasteiger partial charge in [-0.15, -0.1) is 0 Å². The van der Waals surface area contributed by atoms with Gasteiger partial charge < -0.3 is 34.9 Å². The molecule has 0 bridgehead atoms. The Kier molecular flexibility index (Phi) is 12.9. The molecule has 4 N–H and O–H groups in total. The lowest BCUT2D eigenvalue weighted by Crippen LogP contribution is -2.58. The fraction of sp³-hybridized carbons (Fsp3) is 0.400. The monoisotopic (exact) mass is 916 g/mol. The second kappa shape index (κ2) is 19.1. The van der Waals surface area contributed by atoms with Gasteiger partial charge in [0.1, 0.15) is 23.9 Å². The number of halogens is 3.